The van der Waals surface area contributed by atoms with Crippen molar-refractivity contribution in [2.24, 2.45) is 0 Å². The van der Waals surface area contributed by atoms with Crippen molar-refractivity contribution >= 4 is 27.4 Å². The van der Waals surface area contributed by atoms with E-state index in [1.165, 1.54) is 11.3 Å². The molecule has 0 saturated heterocycles. The van der Waals surface area contributed by atoms with Gasteiger partial charge in [-0.1, -0.05) is 23.4 Å². The predicted octanol–water partition coefficient (Wildman–Crippen LogP) is 3.19. The highest BCUT2D eigenvalue weighted by Gasteiger charge is 2.17. The molecule has 3 aromatic rings. The lowest BCUT2D eigenvalue weighted by molar-refractivity contribution is 0.0701. The van der Waals surface area contributed by atoms with E-state index in [1.807, 2.05) is 37.3 Å². The van der Waals surface area contributed by atoms with Gasteiger partial charge < -0.3 is 14.9 Å². The van der Waals surface area contributed by atoms with Crippen LogP contribution >= 0.6 is 11.3 Å². The van der Waals surface area contributed by atoms with Gasteiger partial charge in [-0.05, 0) is 23.9 Å². The Bertz CT molecular complexity index is 791. The Labute approximate surface area is 125 Å². The number of carboxylic acids is 1. The third kappa shape index (κ3) is 2.81. The van der Waals surface area contributed by atoms with Gasteiger partial charge in [0.2, 0.25) is 0 Å². The molecule has 0 spiro atoms. The number of nitrogens with one attached hydrogen (secondary N) is 1. The molecule has 0 unspecified atom stereocenters. The fourth-order valence-electron chi connectivity index (χ4n) is 2.26. The number of hydrogen-bond donors (Lipinski definition) is 2. The zero-order valence-electron chi connectivity index (χ0n) is 11.4. The standard InChI is InChI=1S/C15H14N2O3S/c1-9-6-10(17-20-9)7-16-8-12-11-4-2-3-5-13(11)21-14(12)15(18)19/h2-6,16H,7-8H2,1H3,(H,18,19). The van der Waals surface area contributed by atoms with Crippen LogP contribution in [0.3, 0.4) is 0 Å². The van der Waals surface area contributed by atoms with Crippen molar-refractivity contribution in [3.63, 3.8) is 0 Å². The topological polar surface area (TPSA) is 75.4 Å². The van der Waals surface area contributed by atoms with E-state index in [2.05, 4.69) is 10.5 Å². The van der Waals surface area contributed by atoms with Crippen LogP contribution in [0.15, 0.2) is 34.9 Å². The van der Waals surface area contributed by atoms with Crippen molar-refractivity contribution in [2.45, 2.75) is 20.0 Å². The van der Waals surface area contributed by atoms with E-state index in [0.29, 0.717) is 18.0 Å². The van der Waals surface area contributed by atoms with Gasteiger partial charge in [0.1, 0.15) is 10.6 Å². The van der Waals surface area contributed by atoms with Crippen LogP contribution in [0.5, 0.6) is 0 Å². The Kier molecular flexibility index (Phi) is 3.72. The van der Waals surface area contributed by atoms with Crippen LogP contribution in [0.1, 0.15) is 26.7 Å². The normalized spacial score (nSPS) is 11.1. The van der Waals surface area contributed by atoms with E-state index < -0.39 is 5.97 Å². The van der Waals surface area contributed by atoms with Crippen LogP contribution in [0.2, 0.25) is 0 Å². The maximum atomic E-state index is 11.4. The first-order valence-corrected chi connectivity index (χ1v) is 7.33. The molecule has 0 aliphatic rings. The molecule has 0 aliphatic carbocycles. The molecule has 2 heterocycles. The van der Waals surface area contributed by atoms with E-state index in [1.54, 1.807) is 0 Å². The molecule has 0 aliphatic heterocycles. The molecule has 3 rings (SSSR count). The Hall–Kier alpha value is -2.18. The van der Waals surface area contributed by atoms with Crippen molar-refractivity contribution in [1.82, 2.24) is 10.5 Å². The summed E-state index contributed by atoms with van der Waals surface area (Å²) >= 11 is 1.31. The summed E-state index contributed by atoms with van der Waals surface area (Å²) in [5.41, 5.74) is 1.63. The summed E-state index contributed by atoms with van der Waals surface area (Å²) in [6.07, 6.45) is 0. The summed E-state index contributed by atoms with van der Waals surface area (Å²) in [5, 5.41) is 17.5. The van der Waals surface area contributed by atoms with Gasteiger partial charge in [0, 0.05) is 23.9 Å². The second kappa shape index (κ2) is 5.67. The van der Waals surface area contributed by atoms with Gasteiger partial charge >= 0.3 is 5.97 Å². The largest absolute Gasteiger partial charge is 0.477 e. The van der Waals surface area contributed by atoms with Crippen molar-refractivity contribution < 1.29 is 14.4 Å². The van der Waals surface area contributed by atoms with Crippen LogP contribution in [0.25, 0.3) is 10.1 Å². The molecular formula is C15H14N2O3S. The molecule has 0 saturated carbocycles. The van der Waals surface area contributed by atoms with Crippen LogP contribution < -0.4 is 5.32 Å². The molecule has 0 atom stereocenters. The fourth-order valence-corrected chi connectivity index (χ4v) is 3.32. The molecule has 1 aromatic carbocycles. The van der Waals surface area contributed by atoms with Gasteiger partial charge in [0.15, 0.2) is 0 Å². The molecule has 0 radical (unpaired) electrons. The van der Waals surface area contributed by atoms with Crippen molar-refractivity contribution in [3.05, 3.63) is 52.2 Å². The van der Waals surface area contributed by atoms with Crippen molar-refractivity contribution in [3.8, 4) is 0 Å². The first kappa shape index (κ1) is 13.8. The molecular weight excluding hydrogens is 288 g/mol. The first-order chi connectivity index (χ1) is 10.1. The Balaban J connectivity index is 1.82. The molecule has 0 bridgehead atoms. The maximum Gasteiger partial charge on any atom is 0.346 e. The number of aromatic nitrogens is 1. The summed E-state index contributed by atoms with van der Waals surface area (Å²) in [7, 11) is 0. The lowest BCUT2D eigenvalue weighted by Gasteiger charge is -2.03. The van der Waals surface area contributed by atoms with Gasteiger partial charge in [-0.15, -0.1) is 11.3 Å². The van der Waals surface area contributed by atoms with Crippen LogP contribution in [-0.4, -0.2) is 16.2 Å². The van der Waals surface area contributed by atoms with E-state index >= 15 is 0 Å². The number of nitrogens with zero attached hydrogens (tertiary/aromatic N) is 1. The highest BCUT2D eigenvalue weighted by Crippen LogP contribution is 2.31. The van der Waals surface area contributed by atoms with Gasteiger partial charge in [0.05, 0.1) is 5.69 Å². The highest BCUT2D eigenvalue weighted by molar-refractivity contribution is 7.21. The molecule has 5 nitrogen and oxygen atoms in total. The minimum Gasteiger partial charge on any atom is -0.477 e. The number of fused-ring (bicyclic) bond motifs is 1. The third-order valence-electron chi connectivity index (χ3n) is 3.18. The van der Waals surface area contributed by atoms with Gasteiger partial charge in [-0.25, -0.2) is 4.79 Å². The lowest BCUT2D eigenvalue weighted by atomic mass is 10.1. The van der Waals surface area contributed by atoms with E-state index in [4.69, 9.17) is 4.52 Å². The highest BCUT2D eigenvalue weighted by atomic mass is 32.1. The smallest absolute Gasteiger partial charge is 0.346 e. The van der Waals surface area contributed by atoms with Crippen LogP contribution in [-0.2, 0) is 13.1 Å². The average Bonchev–Trinajstić information content (AvgIpc) is 3.03. The third-order valence-corrected chi connectivity index (χ3v) is 4.38. The lowest BCUT2D eigenvalue weighted by Crippen LogP contribution is -2.14. The zero-order valence-corrected chi connectivity index (χ0v) is 12.2. The molecule has 6 heteroatoms. The summed E-state index contributed by atoms with van der Waals surface area (Å²) < 4.78 is 5.99. The number of aryl methyl sites for hydroxylation is 1. The second-order valence-electron chi connectivity index (χ2n) is 4.74. The molecule has 2 aromatic heterocycles. The summed E-state index contributed by atoms with van der Waals surface area (Å²) in [6.45, 7) is 2.86. The number of carbonyl (C=O) groups is 1. The van der Waals surface area contributed by atoms with Gasteiger partial charge in [-0.2, -0.15) is 0 Å². The summed E-state index contributed by atoms with van der Waals surface area (Å²) in [6, 6.07) is 9.59. The molecule has 0 amide bonds. The summed E-state index contributed by atoms with van der Waals surface area (Å²) in [5.74, 6) is -0.121. The number of aromatic carboxylic acids is 1. The fraction of sp³-hybridized carbons (Fsp3) is 0.200. The minimum atomic E-state index is -0.884. The number of benzene rings is 1. The molecule has 21 heavy (non-hydrogen) atoms. The van der Waals surface area contributed by atoms with Gasteiger partial charge in [-0.3, -0.25) is 0 Å². The number of hydrogen-bond acceptors (Lipinski definition) is 5. The monoisotopic (exact) mass is 302 g/mol. The van der Waals surface area contributed by atoms with E-state index in [9.17, 15) is 9.90 Å². The van der Waals surface area contributed by atoms with Crippen molar-refractivity contribution in [1.29, 1.82) is 0 Å². The van der Waals surface area contributed by atoms with Crippen molar-refractivity contribution in [2.75, 3.05) is 0 Å². The van der Waals surface area contributed by atoms with Gasteiger partial charge in [0.25, 0.3) is 0 Å². The Morgan fingerprint density at radius 2 is 2.19 bits per heavy atom. The Morgan fingerprint density at radius 3 is 2.90 bits per heavy atom. The SMILES string of the molecule is Cc1cc(CNCc2c(C(=O)O)sc3ccccc23)no1. The van der Waals surface area contributed by atoms with Crippen LogP contribution in [0.4, 0.5) is 0 Å². The maximum absolute atomic E-state index is 11.4. The van der Waals surface area contributed by atoms with E-state index in [-0.39, 0.29) is 0 Å². The Morgan fingerprint density at radius 1 is 1.38 bits per heavy atom. The number of carboxylic acid groups (broad SMARTS) is 1. The molecule has 0 fully saturated rings. The number of rotatable bonds is 5. The molecule has 2 N–H and O–H groups in total. The van der Waals surface area contributed by atoms with Crippen LogP contribution in [0, 0.1) is 6.92 Å². The quantitative estimate of drug-likeness (QED) is 0.757. The predicted molar refractivity (Wildman–Crippen MR) is 80.6 cm³/mol. The average molecular weight is 302 g/mol. The summed E-state index contributed by atoms with van der Waals surface area (Å²) in [4.78, 5) is 11.8. The minimum absolute atomic E-state index is 0.389. The molecule has 108 valence electrons. The number of thiophene rings is 1. The van der Waals surface area contributed by atoms with E-state index in [0.717, 1.165) is 27.1 Å². The second-order valence-corrected chi connectivity index (χ2v) is 5.80. The first-order valence-electron chi connectivity index (χ1n) is 6.52. The zero-order chi connectivity index (χ0) is 14.8.